The van der Waals surface area contributed by atoms with E-state index in [1.165, 1.54) is 24.3 Å². The van der Waals surface area contributed by atoms with Crippen LogP contribution in [0, 0.1) is 11.6 Å². The number of aromatic nitrogens is 2. The first-order valence-electron chi connectivity index (χ1n) is 7.60. The summed E-state index contributed by atoms with van der Waals surface area (Å²) in [5.74, 6) is -0.576. The van der Waals surface area contributed by atoms with Gasteiger partial charge in [-0.3, -0.25) is 0 Å². The molecule has 0 unspecified atom stereocenters. The zero-order valence-corrected chi connectivity index (χ0v) is 13.4. The molecule has 0 aliphatic rings. The molecule has 0 fully saturated rings. The second-order valence-corrected chi connectivity index (χ2v) is 5.43. The Bertz CT molecular complexity index is 894. The molecule has 0 saturated carbocycles. The molecular weight excluding hydrogens is 326 g/mol. The fraction of sp³-hybridized carbons (Fsp3) is 0.111. The number of carbonyl (C=O) groups excluding carboxylic acids is 1. The first-order chi connectivity index (χ1) is 12.1. The standard InChI is InChI=1S/C18H16F2N4O/c1-24-11-10-21-17(24)16(12-6-2-3-7-13(12)19)23-18(25)22-15-9-5-4-8-14(15)20/h2-11,16H,1H3,(H2,22,23,25)/t16-/m0/s1. The monoisotopic (exact) mass is 342 g/mol. The summed E-state index contributed by atoms with van der Waals surface area (Å²) in [6.07, 6.45) is 3.25. The lowest BCUT2D eigenvalue weighted by Crippen LogP contribution is -2.35. The number of nitrogens with one attached hydrogen (secondary N) is 2. The van der Waals surface area contributed by atoms with Gasteiger partial charge in [0.25, 0.3) is 0 Å². The smallest absolute Gasteiger partial charge is 0.320 e. The molecule has 0 aliphatic carbocycles. The van der Waals surface area contributed by atoms with Crippen molar-refractivity contribution < 1.29 is 13.6 Å². The quantitative estimate of drug-likeness (QED) is 0.761. The minimum atomic E-state index is -0.826. The van der Waals surface area contributed by atoms with E-state index < -0.39 is 23.7 Å². The van der Waals surface area contributed by atoms with Gasteiger partial charge in [-0.25, -0.2) is 18.6 Å². The molecule has 7 heteroatoms. The lowest BCUT2D eigenvalue weighted by molar-refractivity contribution is 0.249. The van der Waals surface area contributed by atoms with E-state index in [0.29, 0.717) is 5.82 Å². The number of carbonyl (C=O) groups is 1. The van der Waals surface area contributed by atoms with Crippen LogP contribution in [0.3, 0.4) is 0 Å². The number of aryl methyl sites for hydroxylation is 1. The second kappa shape index (κ2) is 7.12. The Morgan fingerprint density at radius 1 is 1.08 bits per heavy atom. The third-order valence-corrected chi connectivity index (χ3v) is 3.73. The maximum absolute atomic E-state index is 14.2. The summed E-state index contributed by atoms with van der Waals surface area (Å²) in [5, 5.41) is 5.08. The molecule has 2 N–H and O–H groups in total. The van der Waals surface area contributed by atoms with E-state index in [0.717, 1.165) is 0 Å². The third kappa shape index (κ3) is 3.65. The van der Waals surface area contributed by atoms with E-state index in [4.69, 9.17) is 0 Å². The van der Waals surface area contributed by atoms with Gasteiger partial charge in [-0.15, -0.1) is 0 Å². The highest BCUT2D eigenvalue weighted by molar-refractivity contribution is 5.89. The molecule has 5 nitrogen and oxygen atoms in total. The zero-order valence-electron chi connectivity index (χ0n) is 13.4. The number of imidazole rings is 1. The Morgan fingerprint density at radius 3 is 2.40 bits per heavy atom. The first kappa shape index (κ1) is 16.6. The topological polar surface area (TPSA) is 59.0 Å². The van der Waals surface area contributed by atoms with Crippen LogP contribution in [0.4, 0.5) is 19.3 Å². The van der Waals surface area contributed by atoms with E-state index in [1.54, 1.807) is 48.3 Å². The lowest BCUT2D eigenvalue weighted by Gasteiger charge is -2.20. The van der Waals surface area contributed by atoms with Crippen molar-refractivity contribution in [3.63, 3.8) is 0 Å². The fourth-order valence-corrected chi connectivity index (χ4v) is 2.50. The lowest BCUT2D eigenvalue weighted by atomic mass is 10.1. The van der Waals surface area contributed by atoms with E-state index in [1.807, 2.05) is 0 Å². The Balaban J connectivity index is 1.88. The first-order valence-corrected chi connectivity index (χ1v) is 7.60. The van der Waals surface area contributed by atoms with Gasteiger partial charge in [-0.1, -0.05) is 30.3 Å². The normalized spacial score (nSPS) is 11.8. The molecule has 0 spiro atoms. The highest BCUT2D eigenvalue weighted by Crippen LogP contribution is 2.23. The second-order valence-electron chi connectivity index (χ2n) is 5.43. The van der Waals surface area contributed by atoms with Crippen molar-refractivity contribution in [2.45, 2.75) is 6.04 Å². The predicted molar refractivity (Wildman–Crippen MR) is 90.0 cm³/mol. The summed E-state index contributed by atoms with van der Waals surface area (Å²) in [5.41, 5.74) is 0.299. The number of hydrogen-bond donors (Lipinski definition) is 2. The fourth-order valence-electron chi connectivity index (χ4n) is 2.50. The number of benzene rings is 2. The number of hydrogen-bond acceptors (Lipinski definition) is 2. The van der Waals surface area contributed by atoms with Crippen LogP contribution in [0.2, 0.25) is 0 Å². The van der Waals surface area contributed by atoms with Crippen molar-refractivity contribution in [3.05, 3.63) is 83.9 Å². The van der Waals surface area contributed by atoms with Gasteiger partial charge in [0.05, 0.1) is 5.69 Å². The number of para-hydroxylation sites is 1. The molecule has 1 aromatic heterocycles. The molecule has 0 saturated heterocycles. The van der Waals surface area contributed by atoms with Gasteiger partial charge in [0.1, 0.15) is 23.5 Å². The van der Waals surface area contributed by atoms with Crippen molar-refractivity contribution in [2.24, 2.45) is 7.05 Å². The average molecular weight is 342 g/mol. The van der Waals surface area contributed by atoms with Gasteiger partial charge in [-0.05, 0) is 18.2 Å². The summed E-state index contributed by atoms with van der Waals surface area (Å²) >= 11 is 0. The SMILES string of the molecule is Cn1ccnc1[C@@H](NC(=O)Nc1ccccc1F)c1ccccc1F. The summed E-state index contributed by atoms with van der Waals surface area (Å²) in [4.78, 5) is 16.5. The van der Waals surface area contributed by atoms with Gasteiger partial charge >= 0.3 is 6.03 Å². The van der Waals surface area contributed by atoms with Crippen LogP contribution in [-0.2, 0) is 7.05 Å². The van der Waals surface area contributed by atoms with Crippen LogP contribution in [0.25, 0.3) is 0 Å². The summed E-state index contributed by atoms with van der Waals surface area (Å²) < 4.78 is 29.6. The number of amides is 2. The molecular formula is C18H16F2N4O. The summed E-state index contributed by atoms with van der Waals surface area (Å²) in [6, 6.07) is 10.4. The zero-order chi connectivity index (χ0) is 17.8. The van der Waals surface area contributed by atoms with E-state index in [-0.39, 0.29) is 11.3 Å². The molecule has 2 aromatic carbocycles. The van der Waals surface area contributed by atoms with E-state index in [9.17, 15) is 13.6 Å². The summed E-state index contributed by atoms with van der Waals surface area (Å²) in [7, 11) is 1.74. The highest BCUT2D eigenvalue weighted by Gasteiger charge is 2.23. The molecule has 3 aromatic rings. The number of rotatable bonds is 4. The van der Waals surface area contributed by atoms with Gasteiger partial charge in [0.2, 0.25) is 0 Å². The molecule has 0 radical (unpaired) electrons. The average Bonchev–Trinajstić information content (AvgIpc) is 3.01. The number of nitrogens with zero attached hydrogens (tertiary/aromatic N) is 2. The number of halogens is 2. The van der Waals surface area contributed by atoms with E-state index in [2.05, 4.69) is 15.6 Å². The van der Waals surface area contributed by atoms with Gasteiger partial charge in [0.15, 0.2) is 0 Å². The minimum Gasteiger partial charge on any atom is -0.336 e. The Morgan fingerprint density at radius 2 is 1.76 bits per heavy atom. The van der Waals surface area contributed by atoms with Crippen molar-refractivity contribution in [2.75, 3.05) is 5.32 Å². The van der Waals surface area contributed by atoms with Crippen molar-refractivity contribution in [3.8, 4) is 0 Å². The van der Waals surface area contributed by atoms with Crippen LogP contribution in [0.15, 0.2) is 60.9 Å². The van der Waals surface area contributed by atoms with E-state index >= 15 is 0 Å². The van der Waals surface area contributed by atoms with Crippen LogP contribution < -0.4 is 10.6 Å². The molecule has 1 atom stereocenters. The molecule has 0 bridgehead atoms. The van der Waals surface area contributed by atoms with Crippen LogP contribution in [0.1, 0.15) is 17.4 Å². The van der Waals surface area contributed by atoms with Gasteiger partial charge < -0.3 is 15.2 Å². The molecule has 1 heterocycles. The molecule has 3 rings (SSSR count). The van der Waals surface area contributed by atoms with Crippen molar-refractivity contribution in [1.82, 2.24) is 14.9 Å². The maximum atomic E-state index is 14.2. The maximum Gasteiger partial charge on any atom is 0.320 e. The van der Waals surface area contributed by atoms with Crippen LogP contribution >= 0.6 is 0 Å². The summed E-state index contributed by atoms with van der Waals surface area (Å²) in [6.45, 7) is 0. The van der Waals surface area contributed by atoms with Gasteiger partial charge in [0, 0.05) is 25.0 Å². The Kier molecular flexibility index (Phi) is 4.74. The Labute approximate surface area is 143 Å². The van der Waals surface area contributed by atoms with Crippen molar-refractivity contribution in [1.29, 1.82) is 0 Å². The third-order valence-electron chi connectivity index (χ3n) is 3.73. The van der Waals surface area contributed by atoms with Crippen molar-refractivity contribution >= 4 is 11.7 Å². The van der Waals surface area contributed by atoms with Gasteiger partial charge in [-0.2, -0.15) is 0 Å². The number of urea groups is 1. The minimum absolute atomic E-state index is 0.0344. The molecule has 25 heavy (non-hydrogen) atoms. The van der Waals surface area contributed by atoms with Crippen LogP contribution in [-0.4, -0.2) is 15.6 Å². The Hall–Kier alpha value is -3.22. The predicted octanol–water partition coefficient (Wildman–Crippen LogP) is 3.61. The number of anilines is 1. The highest BCUT2D eigenvalue weighted by atomic mass is 19.1. The molecule has 2 amide bonds. The van der Waals surface area contributed by atoms with Crippen LogP contribution in [0.5, 0.6) is 0 Å². The largest absolute Gasteiger partial charge is 0.336 e. The molecule has 128 valence electrons. The molecule has 0 aliphatic heterocycles.